The lowest BCUT2D eigenvalue weighted by atomic mass is 10.2. The van der Waals surface area contributed by atoms with E-state index in [0.717, 1.165) is 20.5 Å². The molecule has 0 saturated heterocycles. The minimum atomic E-state index is 0.283. The molecule has 0 spiro atoms. The molecule has 3 nitrogen and oxygen atoms in total. The molecule has 0 fully saturated rings. The monoisotopic (exact) mass is 414 g/mol. The Morgan fingerprint density at radius 1 is 0.826 bits per heavy atom. The van der Waals surface area contributed by atoms with Gasteiger partial charge in [0.05, 0.1) is 21.2 Å². The van der Waals surface area contributed by atoms with Gasteiger partial charge < -0.3 is 5.11 Å². The molecule has 0 aromatic heterocycles. The van der Waals surface area contributed by atoms with Gasteiger partial charge in [0.25, 0.3) is 0 Å². The van der Waals surface area contributed by atoms with Crippen molar-refractivity contribution < 1.29 is 5.11 Å². The van der Waals surface area contributed by atoms with Crippen LogP contribution in [0.4, 0.5) is 11.4 Å². The van der Waals surface area contributed by atoms with Crippen LogP contribution in [0.25, 0.3) is 0 Å². The van der Waals surface area contributed by atoms with Gasteiger partial charge in [0.2, 0.25) is 0 Å². The number of hydrazone groups is 1. The molecule has 3 aromatic rings. The number of phenolic OH excluding ortho intramolecular Hbond substituents is 1. The zero-order chi connectivity index (χ0) is 16.1. The highest BCUT2D eigenvalue weighted by Crippen LogP contribution is 2.25. The first-order valence-electron chi connectivity index (χ1n) is 7.17. The first-order chi connectivity index (χ1) is 11.2. The minimum Gasteiger partial charge on any atom is -0.507 e. The summed E-state index contributed by atoms with van der Waals surface area (Å²) in [5, 5.41) is 16.1. The summed E-state index contributed by atoms with van der Waals surface area (Å²) < 4.78 is 0.803. The average molecular weight is 414 g/mol. The number of phenols is 1. The molecule has 1 N–H and O–H groups in total. The Bertz CT molecular complexity index is 765. The van der Waals surface area contributed by atoms with Crippen molar-refractivity contribution >= 4 is 40.2 Å². The van der Waals surface area contributed by atoms with Crippen molar-refractivity contribution in [2.24, 2.45) is 5.10 Å². The van der Waals surface area contributed by atoms with Gasteiger partial charge in [-0.05, 0) is 70.6 Å². The van der Waals surface area contributed by atoms with E-state index in [0.29, 0.717) is 0 Å². The fourth-order valence-electron chi connectivity index (χ4n) is 2.15. The molecule has 0 radical (unpaired) electrons. The predicted molar refractivity (Wildman–Crippen MR) is 103 cm³/mol. The molecule has 23 heavy (non-hydrogen) atoms. The highest BCUT2D eigenvalue weighted by Gasteiger charge is 2.06. The van der Waals surface area contributed by atoms with Gasteiger partial charge in [-0.25, -0.2) is 5.01 Å². The highest BCUT2D eigenvalue weighted by molar-refractivity contribution is 14.1. The molecule has 0 heterocycles. The molecule has 3 aromatic carbocycles. The van der Waals surface area contributed by atoms with Gasteiger partial charge in [0.1, 0.15) is 5.75 Å². The van der Waals surface area contributed by atoms with E-state index in [-0.39, 0.29) is 5.75 Å². The standard InChI is InChI=1S/C19H15IN2O/c20-18-13-15(11-12-19(18)23)14-21-22(16-7-3-1-4-8-16)17-9-5-2-6-10-17/h1-14,23H/b21-14-. The zero-order valence-electron chi connectivity index (χ0n) is 12.3. The van der Waals surface area contributed by atoms with Gasteiger partial charge in [0, 0.05) is 0 Å². The van der Waals surface area contributed by atoms with E-state index >= 15 is 0 Å². The molecule has 0 aliphatic heterocycles. The number of anilines is 2. The minimum absolute atomic E-state index is 0.283. The van der Waals surface area contributed by atoms with E-state index in [4.69, 9.17) is 0 Å². The third-order valence-corrected chi connectivity index (χ3v) is 4.16. The highest BCUT2D eigenvalue weighted by atomic mass is 127. The molecule has 0 amide bonds. The molecule has 114 valence electrons. The molecule has 0 atom stereocenters. The molecule has 4 heteroatoms. The van der Waals surface area contributed by atoms with Crippen LogP contribution in [0, 0.1) is 3.57 Å². The second-order valence-electron chi connectivity index (χ2n) is 4.94. The number of nitrogens with zero attached hydrogens (tertiary/aromatic N) is 2. The lowest BCUT2D eigenvalue weighted by molar-refractivity contribution is 0.471. The quantitative estimate of drug-likeness (QED) is 0.363. The average Bonchev–Trinajstić information content (AvgIpc) is 2.60. The van der Waals surface area contributed by atoms with Crippen molar-refractivity contribution in [1.82, 2.24) is 0 Å². The molecule has 0 bridgehead atoms. The normalized spacial score (nSPS) is 10.8. The fraction of sp³-hybridized carbons (Fsp3) is 0. The van der Waals surface area contributed by atoms with Gasteiger partial charge in [-0.2, -0.15) is 5.10 Å². The molecular weight excluding hydrogens is 399 g/mol. The van der Waals surface area contributed by atoms with E-state index in [2.05, 4.69) is 27.7 Å². The third-order valence-electron chi connectivity index (χ3n) is 3.30. The summed E-state index contributed by atoms with van der Waals surface area (Å²) in [5.74, 6) is 0.283. The van der Waals surface area contributed by atoms with Crippen molar-refractivity contribution in [2.75, 3.05) is 5.01 Å². The van der Waals surface area contributed by atoms with Crippen molar-refractivity contribution in [1.29, 1.82) is 0 Å². The van der Waals surface area contributed by atoms with Crippen LogP contribution in [0.2, 0.25) is 0 Å². The van der Waals surface area contributed by atoms with Crippen molar-refractivity contribution in [3.63, 3.8) is 0 Å². The summed E-state index contributed by atoms with van der Waals surface area (Å²) in [6, 6.07) is 25.4. The van der Waals surface area contributed by atoms with E-state index in [9.17, 15) is 5.11 Å². The maximum Gasteiger partial charge on any atom is 0.128 e. The third kappa shape index (κ3) is 3.90. The van der Waals surface area contributed by atoms with E-state index < -0.39 is 0 Å². The number of hydrogen-bond acceptors (Lipinski definition) is 3. The number of para-hydroxylation sites is 2. The summed E-state index contributed by atoms with van der Waals surface area (Å²) >= 11 is 2.10. The molecule has 0 aliphatic rings. The Morgan fingerprint density at radius 3 is 1.91 bits per heavy atom. The summed E-state index contributed by atoms with van der Waals surface area (Å²) in [6.45, 7) is 0. The number of aromatic hydroxyl groups is 1. The lowest BCUT2D eigenvalue weighted by Gasteiger charge is -2.19. The molecule has 0 unspecified atom stereocenters. The number of rotatable bonds is 4. The molecule has 0 aliphatic carbocycles. The summed E-state index contributed by atoms with van der Waals surface area (Å²) in [7, 11) is 0. The van der Waals surface area contributed by atoms with Crippen LogP contribution in [-0.2, 0) is 0 Å². The van der Waals surface area contributed by atoms with Crippen LogP contribution in [0.3, 0.4) is 0 Å². The van der Waals surface area contributed by atoms with Gasteiger partial charge in [-0.3, -0.25) is 0 Å². The first kappa shape index (κ1) is 15.6. The molecule has 0 saturated carbocycles. The second-order valence-corrected chi connectivity index (χ2v) is 6.10. The maximum atomic E-state index is 9.61. The Labute approximate surface area is 149 Å². The largest absolute Gasteiger partial charge is 0.507 e. The number of halogens is 1. The Morgan fingerprint density at radius 2 is 1.39 bits per heavy atom. The second kappa shape index (κ2) is 7.28. The lowest BCUT2D eigenvalue weighted by Crippen LogP contribution is -2.09. The van der Waals surface area contributed by atoms with E-state index in [1.54, 1.807) is 12.3 Å². The van der Waals surface area contributed by atoms with Crippen LogP contribution in [0.5, 0.6) is 5.75 Å². The van der Waals surface area contributed by atoms with E-state index in [1.165, 1.54) is 0 Å². The topological polar surface area (TPSA) is 35.8 Å². The van der Waals surface area contributed by atoms with Crippen LogP contribution in [0.1, 0.15) is 5.56 Å². The van der Waals surface area contributed by atoms with Crippen LogP contribution in [0.15, 0.2) is 84.0 Å². The fourth-order valence-corrected chi connectivity index (χ4v) is 2.69. The Balaban J connectivity index is 1.96. The Hall–Kier alpha value is -2.34. The van der Waals surface area contributed by atoms with Gasteiger partial charge in [-0.1, -0.05) is 36.4 Å². The Kier molecular flexibility index (Phi) is 4.92. The maximum absolute atomic E-state index is 9.61. The van der Waals surface area contributed by atoms with E-state index in [1.807, 2.05) is 77.8 Å². The van der Waals surface area contributed by atoms with Crippen LogP contribution < -0.4 is 5.01 Å². The van der Waals surface area contributed by atoms with Gasteiger partial charge in [-0.15, -0.1) is 0 Å². The molecule has 3 rings (SSSR count). The summed E-state index contributed by atoms with van der Waals surface area (Å²) in [5.41, 5.74) is 2.91. The van der Waals surface area contributed by atoms with Crippen molar-refractivity contribution in [3.8, 4) is 5.75 Å². The van der Waals surface area contributed by atoms with Gasteiger partial charge >= 0.3 is 0 Å². The van der Waals surface area contributed by atoms with Gasteiger partial charge in [0.15, 0.2) is 0 Å². The predicted octanol–water partition coefficient (Wildman–Crippen LogP) is 5.17. The summed E-state index contributed by atoms with van der Waals surface area (Å²) in [4.78, 5) is 0. The number of hydrogen-bond donors (Lipinski definition) is 1. The van der Waals surface area contributed by atoms with Crippen molar-refractivity contribution in [2.45, 2.75) is 0 Å². The SMILES string of the molecule is Oc1ccc(/C=N\N(c2ccccc2)c2ccccc2)cc1I. The summed E-state index contributed by atoms with van der Waals surface area (Å²) in [6.07, 6.45) is 1.79. The smallest absolute Gasteiger partial charge is 0.128 e. The van der Waals surface area contributed by atoms with Crippen LogP contribution >= 0.6 is 22.6 Å². The zero-order valence-corrected chi connectivity index (χ0v) is 14.5. The van der Waals surface area contributed by atoms with Crippen molar-refractivity contribution in [3.05, 3.63) is 88.0 Å². The first-order valence-corrected chi connectivity index (χ1v) is 8.24. The number of benzene rings is 3. The molecular formula is C19H15IN2O. The van der Waals surface area contributed by atoms with Crippen LogP contribution in [-0.4, -0.2) is 11.3 Å².